The van der Waals surface area contributed by atoms with E-state index in [1.807, 2.05) is 0 Å². The number of amides is 1. The van der Waals surface area contributed by atoms with Gasteiger partial charge in [0.1, 0.15) is 0 Å². The Morgan fingerprint density at radius 3 is 3.00 bits per heavy atom. The zero-order valence-electron chi connectivity index (χ0n) is 7.37. The van der Waals surface area contributed by atoms with Crippen molar-refractivity contribution in [1.82, 2.24) is 10.3 Å². The maximum absolute atomic E-state index is 11.6. The second kappa shape index (κ2) is 3.94. The average molecular weight is 213 g/mol. The van der Waals surface area contributed by atoms with Crippen LogP contribution in [-0.2, 0) is 4.74 Å². The lowest BCUT2D eigenvalue weighted by Crippen LogP contribution is -2.48. The number of pyridine rings is 1. The fraction of sp³-hybridized carbons (Fsp3) is 0.333. The molecule has 1 aromatic rings. The van der Waals surface area contributed by atoms with Crippen molar-refractivity contribution < 1.29 is 9.53 Å². The van der Waals surface area contributed by atoms with E-state index in [9.17, 15) is 4.79 Å². The highest BCUT2D eigenvalue weighted by molar-refractivity contribution is 6.33. The molecule has 0 aliphatic carbocycles. The number of ether oxygens (including phenoxy) is 1. The minimum atomic E-state index is -0.198. The van der Waals surface area contributed by atoms with Gasteiger partial charge >= 0.3 is 0 Å². The third-order valence-electron chi connectivity index (χ3n) is 1.99. The highest BCUT2D eigenvalue weighted by atomic mass is 35.5. The smallest absolute Gasteiger partial charge is 0.254 e. The third-order valence-corrected chi connectivity index (χ3v) is 2.32. The summed E-state index contributed by atoms with van der Waals surface area (Å²) in [5, 5.41) is 3.20. The molecule has 1 aliphatic heterocycles. The number of rotatable bonds is 2. The Labute approximate surface area is 86.2 Å². The fourth-order valence-corrected chi connectivity index (χ4v) is 1.32. The van der Waals surface area contributed by atoms with Crippen LogP contribution >= 0.6 is 11.6 Å². The Morgan fingerprint density at radius 2 is 2.43 bits per heavy atom. The molecule has 1 fully saturated rings. The van der Waals surface area contributed by atoms with E-state index < -0.39 is 0 Å². The van der Waals surface area contributed by atoms with Crippen LogP contribution in [0.25, 0.3) is 0 Å². The predicted octanol–water partition coefficient (Wildman–Crippen LogP) is 0.864. The standard InChI is InChI=1S/C9H9ClN2O2/c10-8-1-2-11-3-7(8)9(13)12-6-4-14-5-6/h1-3,6H,4-5H2,(H,12,13). The van der Waals surface area contributed by atoms with Gasteiger partial charge in [-0.1, -0.05) is 11.6 Å². The molecule has 5 heteroatoms. The zero-order valence-corrected chi connectivity index (χ0v) is 8.12. The van der Waals surface area contributed by atoms with Gasteiger partial charge in [-0.25, -0.2) is 0 Å². The summed E-state index contributed by atoms with van der Waals surface area (Å²) in [6.07, 6.45) is 3.00. The normalized spacial score (nSPS) is 16.1. The minimum absolute atomic E-state index is 0.110. The van der Waals surface area contributed by atoms with Crippen LogP contribution in [0.5, 0.6) is 0 Å². The molecule has 1 aliphatic rings. The molecule has 0 saturated carbocycles. The van der Waals surface area contributed by atoms with Crippen LogP contribution in [0.15, 0.2) is 18.5 Å². The Bertz CT molecular complexity index is 352. The first-order chi connectivity index (χ1) is 6.77. The van der Waals surface area contributed by atoms with Crippen molar-refractivity contribution >= 4 is 17.5 Å². The van der Waals surface area contributed by atoms with Crippen molar-refractivity contribution in [3.63, 3.8) is 0 Å². The van der Waals surface area contributed by atoms with Crippen LogP contribution < -0.4 is 5.32 Å². The van der Waals surface area contributed by atoms with E-state index in [2.05, 4.69) is 10.3 Å². The first kappa shape index (κ1) is 9.43. The van der Waals surface area contributed by atoms with Crippen LogP contribution in [0, 0.1) is 0 Å². The minimum Gasteiger partial charge on any atom is -0.377 e. The number of aromatic nitrogens is 1. The number of carbonyl (C=O) groups excluding carboxylic acids is 1. The van der Waals surface area contributed by atoms with E-state index in [0.29, 0.717) is 23.8 Å². The lowest BCUT2D eigenvalue weighted by atomic mass is 10.2. The fourth-order valence-electron chi connectivity index (χ4n) is 1.13. The molecule has 0 radical (unpaired) electrons. The van der Waals surface area contributed by atoms with Crippen molar-refractivity contribution in [2.45, 2.75) is 6.04 Å². The van der Waals surface area contributed by atoms with Crippen molar-refractivity contribution in [2.75, 3.05) is 13.2 Å². The lowest BCUT2D eigenvalue weighted by Gasteiger charge is -2.26. The number of nitrogens with zero attached hydrogens (tertiary/aromatic N) is 1. The van der Waals surface area contributed by atoms with E-state index in [1.54, 1.807) is 12.3 Å². The SMILES string of the molecule is O=C(NC1COC1)c1cnccc1Cl. The van der Waals surface area contributed by atoms with Gasteiger partial charge in [-0.15, -0.1) is 0 Å². The van der Waals surface area contributed by atoms with E-state index >= 15 is 0 Å². The van der Waals surface area contributed by atoms with Crippen molar-refractivity contribution in [3.8, 4) is 0 Å². The first-order valence-corrected chi connectivity index (χ1v) is 4.63. The maximum atomic E-state index is 11.6. The summed E-state index contributed by atoms with van der Waals surface area (Å²) in [5.41, 5.74) is 0.404. The van der Waals surface area contributed by atoms with Crippen molar-refractivity contribution in [2.24, 2.45) is 0 Å². The van der Waals surface area contributed by atoms with Gasteiger partial charge in [0.25, 0.3) is 5.91 Å². The van der Waals surface area contributed by atoms with Crippen LogP contribution in [0.1, 0.15) is 10.4 Å². The number of halogens is 1. The molecule has 0 aromatic carbocycles. The number of hydrogen-bond donors (Lipinski definition) is 1. The molecule has 1 amide bonds. The van der Waals surface area contributed by atoms with Crippen LogP contribution in [0.2, 0.25) is 5.02 Å². The molecule has 2 heterocycles. The van der Waals surface area contributed by atoms with Gasteiger partial charge in [-0.2, -0.15) is 0 Å². The van der Waals surface area contributed by atoms with E-state index in [-0.39, 0.29) is 11.9 Å². The number of hydrogen-bond acceptors (Lipinski definition) is 3. The number of carbonyl (C=O) groups is 1. The molecule has 0 spiro atoms. The molecule has 0 unspecified atom stereocenters. The van der Waals surface area contributed by atoms with Crippen molar-refractivity contribution in [1.29, 1.82) is 0 Å². The first-order valence-electron chi connectivity index (χ1n) is 4.25. The van der Waals surface area contributed by atoms with Gasteiger partial charge in [0.2, 0.25) is 0 Å². The van der Waals surface area contributed by atoms with Gasteiger partial charge in [0, 0.05) is 12.4 Å². The number of nitrogens with one attached hydrogen (secondary N) is 1. The third kappa shape index (κ3) is 1.86. The van der Waals surface area contributed by atoms with Crippen LogP contribution in [-0.4, -0.2) is 30.1 Å². The largest absolute Gasteiger partial charge is 0.377 e. The molecular weight excluding hydrogens is 204 g/mol. The Kier molecular flexibility index (Phi) is 2.65. The summed E-state index contributed by atoms with van der Waals surface area (Å²) >= 11 is 5.83. The van der Waals surface area contributed by atoms with Gasteiger partial charge in [-0.3, -0.25) is 9.78 Å². The summed E-state index contributed by atoms with van der Waals surface area (Å²) in [7, 11) is 0. The molecule has 0 atom stereocenters. The van der Waals surface area contributed by atoms with Crippen LogP contribution in [0.3, 0.4) is 0 Å². The zero-order chi connectivity index (χ0) is 9.97. The molecule has 2 rings (SSSR count). The topological polar surface area (TPSA) is 51.2 Å². The summed E-state index contributed by atoms with van der Waals surface area (Å²) in [5.74, 6) is -0.198. The second-order valence-corrected chi connectivity index (χ2v) is 3.47. The highest BCUT2D eigenvalue weighted by Gasteiger charge is 2.21. The van der Waals surface area contributed by atoms with Gasteiger partial charge in [0.15, 0.2) is 0 Å². The molecule has 1 aromatic heterocycles. The van der Waals surface area contributed by atoms with Crippen LogP contribution in [0.4, 0.5) is 0 Å². The van der Waals surface area contributed by atoms with Gasteiger partial charge in [-0.05, 0) is 6.07 Å². The lowest BCUT2D eigenvalue weighted by molar-refractivity contribution is -0.00346. The summed E-state index contributed by atoms with van der Waals surface area (Å²) < 4.78 is 4.94. The maximum Gasteiger partial charge on any atom is 0.254 e. The van der Waals surface area contributed by atoms with Gasteiger partial charge in [0.05, 0.1) is 29.8 Å². The summed E-state index contributed by atoms with van der Waals surface area (Å²) in [6, 6.07) is 1.70. The molecule has 1 N–H and O–H groups in total. The Balaban J connectivity index is 2.06. The van der Waals surface area contributed by atoms with E-state index in [4.69, 9.17) is 16.3 Å². The van der Waals surface area contributed by atoms with Gasteiger partial charge < -0.3 is 10.1 Å². The Morgan fingerprint density at radius 1 is 1.64 bits per heavy atom. The average Bonchev–Trinajstić information content (AvgIpc) is 2.12. The summed E-state index contributed by atoms with van der Waals surface area (Å²) in [6.45, 7) is 1.15. The molecule has 1 saturated heterocycles. The molecule has 74 valence electrons. The Hall–Kier alpha value is -1.13. The second-order valence-electron chi connectivity index (χ2n) is 3.06. The molecule has 14 heavy (non-hydrogen) atoms. The monoisotopic (exact) mass is 212 g/mol. The molecular formula is C9H9ClN2O2. The summed E-state index contributed by atoms with van der Waals surface area (Å²) in [4.78, 5) is 15.4. The molecule has 0 bridgehead atoms. The predicted molar refractivity (Wildman–Crippen MR) is 51.3 cm³/mol. The van der Waals surface area contributed by atoms with E-state index in [1.165, 1.54) is 6.20 Å². The molecule has 4 nitrogen and oxygen atoms in total. The highest BCUT2D eigenvalue weighted by Crippen LogP contribution is 2.13. The van der Waals surface area contributed by atoms with E-state index in [0.717, 1.165) is 0 Å². The van der Waals surface area contributed by atoms with Crippen molar-refractivity contribution in [3.05, 3.63) is 29.0 Å². The quantitative estimate of drug-likeness (QED) is 0.791.